The van der Waals surface area contributed by atoms with Crippen LogP contribution in [0, 0.1) is 6.92 Å². The van der Waals surface area contributed by atoms with Crippen molar-refractivity contribution >= 4 is 15.9 Å². The molecule has 118 valence electrons. The third-order valence-electron chi connectivity index (χ3n) is 4.01. The molecule has 1 N–H and O–H groups in total. The van der Waals surface area contributed by atoms with E-state index in [9.17, 15) is 5.11 Å². The molecular weight excluding hydrogens is 350 g/mol. The van der Waals surface area contributed by atoms with Gasteiger partial charge >= 0.3 is 0 Å². The number of nitrogens with zero attached hydrogens (tertiary/aromatic N) is 1. The highest BCUT2D eigenvalue weighted by molar-refractivity contribution is 9.10. The molecule has 0 saturated carbocycles. The molecule has 1 heterocycles. The zero-order valence-corrected chi connectivity index (χ0v) is 15.0. The maximum absolute atomic E-state index is 9.59. The lowest BCUT2D eigenvalue weighted by atomic mass is 10.0. The third-order valence-corrected chi connectivity index (χ3v) is 4.54. The summed E-state index contributed by atoms with van der Waals surface area (Å²) in [4.78, 5) is 0. The van der Waals surface area contributed by atoms with Crippen molar-refractivity contribution in [2.75, 3.05) is 0 Å². The van der Waals surface area contributed by atoms with E-state index in [1.54, 1.807) is 12.1 Å². The summed E-state index contributed by atoms with van der Waals surface area (Å²) in [5, 5.41) is 9.59. The maximum atomic E-state index is 9.59. The van der Waals surface area contributed by atoms with Gasteiger partial charge in [-0.1, -0.05) is 29.3 Å². The number of hydrogen-bond acceptors (Lipinski definition) is 1. The summed E-state index contributed by atoms with van der Waals surface area (Å²) in [6.45, 7) is 4.35. The minimum Gasteiger partial charge on any atom is -0.508 e. The van der Waals surface area contributed by atoms with Gasteiger partial charge in [-0.2, -0.15) is 0 Å². The van der Waals surface area contributed by atoms with Gasteiger partial charge < -0.3 is 9.67 Å². The SMILES string of the molecule is CCCc1cc(C)n(-c2ccc(Br)cc2)c1-c1ccc(O)cc1. The van der Waals surface area contributed by atoms with Gasteiger partial charge in [0, 0.05) is 15.9 Å². The monoisotopic (exact) mass is 369 g/mol. The average Bonchev–Trinajstić information content (AvgIpc) is 2.86. The van der Waals surface area contributed by atoms with Gasteiger partial charge in [-0.05, 0) is 79.1 Å². The van der Waals surface area contributed by atoms with Crippen molar-refractivity contribution in [3.63, 3.8) is 0 Å². The Morgan fingerprint density at radius 2 is 1.65 bits per heavy atom. The van der Waals surface area contributed by atoms with Crippen LogP contribution in [-0.4, -0.2) is 9.67 Å². The number of phenols is 1. The lowest BCUT2D eigenvalue weighted by molar-refractivity contribution is 0.475. The molecule has 0 atom stereocenters. The first-order chi connectivity index (χ1) is 11.1. The Labute approximate surface area is 145 Å². The van der Waals surface area contributed by atoms with Gasteiger partial charge in [-0.15, -0.1) is 0 Å². The Bertz CT molecular complexity index is 801. The van der Waals surface area contributed by atoms with Crippen LogP contribution in [0.3, 0.4) is 0 Å². The highest BCUT2D eigenvalue weighted by Crippen LogP contribution is 2.32. The van der Waals surface area contributed by atoms with Gasteiger partial charge in [0.05, 0.1) is 5.69 Å². The van der Waals surface area contributed by atoms with E-state index in [1.165, 1.54) is 17.0 Å². The summed E-state index contributed by atoms with van der Waals surface area (Å²) in [5.41, 5.74) is 6.06. The second kappa shape index (κ2) is 6.63. The Morgan fingerprint density at radius 1 is 1.00 bits per heavy atom. The number of aromatic nitrogens is 1. The largest absolute Gasteiger partial charge is 0.508 e. The predicted octanol–water partition coefficient (Wildman–Crippen LogP) is 5.87. The van der Waals surface area contributed by atoms with Crippen LogP contribution in [0.15, 0.2) is 59.1 Å². The molecule has 0 spiro atoms. The lowest BCUT2D eigenvalue weighted by Gasteiger charge is -2.14. The number of halogens is 1. The summed E-state index contributed by atoms with van der Waals surface area (Å²) < 4.78 is 3.37. The van der Waals surface area contributed by atoms with E-state index < -0.39 is 0 Å². The molecule has 3 heteroatoms. The molecule has 3 rings (SSSR count). The summed E-state index contributed by atoms with van der Waals surface area (Å²) in [5.74, 6) is 0.296. The molecule has 0 fully saturated rings. The quantitative estimate of drug-likeness (QED) is 0.610. The summed E-state index contributed by atoms with van der Waals surface area (Å²) in [7, 11) is 0. The molecule has 0 amide bonds. The molecule has 0 saturated heterocycles. The van der Waals surface area contributed by atoms with Gasteiger partial charge in [-0.3, -0.25) is 0 Å². The molecule has 0 bridgehead atoms. The molecule has 3 aromatic rings. The van der Waals surface area contributed by atoms with Crippen LogP contribution in [0.25, 0.3) is 16.9 Å². The fourth-order valence-corrected chi connectivity index (χ4v) is 3.29. The van der Waals surface area contributed by atoms with Gasteiger partial charge in [0.15, 0.2) is 0 Å². The number of hydrogen-bond donors (Lipinski definition) is 1. The molecule has 0 aliphatic rings. The summed E-state index contributed by atoms with van der Waals surface area (Å²) in [6.07, 6.45) is 2.15. The van der Waals surface area contributed by atoms with Crippen molar-refractivity contribution in [3.05, 3.63) is 70.3 Å². The number of benzene rings is 2. The molecule has 0 aliphatic heterocycles. The van der Waals surface area contributed by atoms with Gasteiger partial charge in [0.2, 0.25) is 0 Å². The van der Waals surface area contributed by atoms with Crippen molar-refractivity contribution in [2.45, 2.75) is 26.7 Å². The van der Waals surface area contributed by atoms with E-state index in [0.29, 0.717) is 5.75 Å². The molecule has 0 aliphatic carbocycles. The third kappa shape index (κ3) is 3.20. The van der Waals surface area contributed by atoms with Crippen molar-refractivity contribution in [3.8, 4) is 22.7 Å². The molecule has 1 aromatic heterocycles. The van der Waals surface area contributed by atoms with Crippen molar-refractivity contribution in [2.24, 2.45) is 0 Å². The van der Waals surface area contributed by atoms with Crippen molar-refractivity contribution in [1.82, 2.24) is 4.57 Å². The molecule has 2 aromatic carbocycles. The van der Waals surface area contributed by atoms with E-state index in [4.69, 9.17) is 0 Å². The van der Waals surface area contributed by atoms with Crippen LogP contribution in [0.4, 0.5) is 0 Å². The first-order valence-electron chi connectivity index (χ1n) is 7.86. The topological polar surface area (TPSA) is 25.2 Å². The zero-order valence-electron chi connectivity index (χ0n) is 13.4. The average molecular weight is 370 g/mol. The fraction of sp³-hybridized carbons (Fsp3) is 0.200. The minimum atomic E-state index is 0.296. The van der Waals surface area contributed by atoms with Crippen LogP contribution in [0.2, 0.25) is 0 Å². The highest BCUT2D eigenvalue weighted by atomic mass is 79.9. The molecule has 2 nitrogen and oxygen atoms in total. The Balaban J connectivity index is 2.22. The fourth-order valence-electron chi connectivity index (χ4n) is 3.02. The van der Waals surface area contributed by atoms with Crippen LogP contribution in [-0.2, 0) is 6.42 Å². The second-order valence-electron chi connectivity index (χ2n) is 5.77. The maximum Gasteiger partial charge on any atom is 0.115 e. The first-order valence-corrected chi connectivity index (χ1v) is 8.66. The van der Waals surface area contributed by atoms with E-state index in [1.807, 2.05) is 12.1 Å². The lowest BCUT2D eigenvalue weighted by Crippen LogP contribution is -2.00. The highest BCUT2D eigenvalue weighted by Gasteiger charge is 2.15. The summed E-state index contributed by atoms with van der Waals surface area (Å²) in [6, 6.07) is 18.1. The number of aryl methyl sites for hydroxylation is 2. The predicted molar refractivity (Wildman–Crippen MR) is 99.3 cm³/mol. The second-order valence-corrected chi connectivity index (χ2v) is 6.68. The smallest absolute Gasteiger partial charge is 0.115 e. The number of aromatic hydroxyl groups is 1. The Hall–Kier alpha value is -2.00. The standard InChI is InChI=1S/C20H20BrNO/c1-3-4-16-13-14(2)22(18-9-7-17(21)8-10-18)20(16)15-5-11-19(23)12-6-15/h5-13,23H,3-4H2,1-2H3. The van der Waals surface area contributed by atoms with E-state index >= 15 is 0 Å². The summed E-state index contributed by atoms with van der Waals surface area (Å²) >= 11 is 3.50. The van der Waals surface area contributed by atoms with Gasteiger partial charge in [0.25, 0.3) is 0 Å². The molecule has 23 heavy (non-hydrogen) atoms. The van der Waals surface area contributed by atoms with Crippen molar-refractivity contribution < 1.29 is 5.11 Å². The first kappa shape index (κ1) is 15.9. The van der Waals surface area contributed by atoms with Crippen molar-refractivity contribution in [1.29, 1.82) is 0 Å². The van der Waals surface area contributed by atoms with Gasteiger partial charge in [-0.25, -0.2) is 0 Å². The number of phenolic OH excluding ortho intramolecular Hbond substituents is 1. The van der Waals surface area contributed by atoms with Gasteiger partial charge in [0.1, 0.15) is 5.75 Å². The normalized spacial score (nSPS) is 10.9. The number of rotatable bonds is 4. The van der Waals surface area contributed by atoms with E-state index in [2.05, 4.69) is 64.7 Å². The zero-order chi connectivity index (χ0) is 16.4. The van der Waals surface area contributed by atoms with E-state index in [-0.39, 0.29) is 0 Å². The van der Waals surface area contributed by atoms with Crippen LogP contribution >= 0.6 is 15.9 Å². The Kier molecular flexibility index (Phi) is 4.58. The Morgan fingerprint density at radius 3 is 2.26 bits per heavy atom. The minimum absolute atomic E-state index is 0.296. The van der Waals surface area contributed by atoms with Crippen LogP contribution < -0.4 is 0 Å². The molecule has 0 radical (unpaired) electrons. The molecule has 0 unspecified atom stereocenters. The van der Waals surface area contributed by atoms with E-state index in [0.717, 1.165) is 28.6 Å². The van der Waals surface area contributed by atoms with Crippen LogP contribution in [0.5, 0.6) is 5.75 Å². The van der Waals surface area contributed by atoms with Crippen LogP contribution in [0.1, 0.15) is 24.6 Å². The molecular formula is C20H20BrNO.